The van der Waals surface area contributed by atoms with Crippen LogP contribution in [0.2, 0.25) is 0 Å². The van der Waals surface area contributed by atoms with Crippen LogP contribution in [0.3, 0.4) is 0 Å². The van der Waals surface area contributed by atoms with Crippen molar-refractivity contribution in [3.63, 3.8) is 0 Å². The maximum atomic E-state index is 12.0. The lowest BCUT2D eigenvalue weighted by Crippen LogP contribution is -2.23. The smallest absolute Gasteiger partial charge is 0.270 e. The number of hydrogen-bond donors (Lipinski definition) is 1. The molecule has 0 spiro atoms. The standard InChI is InChI=1S/C21H20N2O2/c24-21(20-11-4-5-12-22-20)23-14-18-9-6-10-19(13-18)16-25-15-17-7-2-1-3-8-17/h1-13H,14-16H2,(H,23,24). The number of hydrogen-bond acceptors (Lipinski definition) is 3. The van der Waals surface area contributed by atoms with Crippen LogP contribution in [0.25, 0.3) is 0 Å². The topological polar surface area (TPSA) is 51.2 Å². The van der Waals surface area contributed by atoms with Crippen molar-refractivity contribution in [2.24, 2.45) is 0 Å². The van der Waals surface area contributed by atoms with Gasteiger partial charge in [0, 0.05) is 12.7 Å². The molecule has 0 saturated heterocycles. The second-order valence-corrected chi connectivity index (χ2v) is 5.70. The predicted octanol–water partition coefficient (Wildman–Crippen LogP) is 3.73. The van der Waals surface area contributed by atoms with Crippen molar-refractivity contribution in [3.8, 4) is 0 Å². The van der Waals surface area contributed by atoms with E-state index in [1.54, 1.807) is 24.4 Å². The van der Waals surface area contributed by atoms with E-state index in [0.29, 0.717) is 25.5 Å². The minimum atomic E-state index is -0.175. The zero-order chi connectivity index (χ0) is 17.3. The Bertz CT molecular complexity index is 804. The third-order valence-electron chi connectivity index (χ3n) is 3.72. The number of carbonyl (C=O) groups is 1. The Hall–Kier alpha value is -2.98. The van der Waals surface area contributed by atoms with Crippen molar-refractivity contribution in [3.05, 3.63) is 101 Å². The van der Waals surface area contributed by atoms with E-state index in [0.717, 1.165) is 16.7 Å². The van der Waals surface area contributed by atoms with Crippen molar-refractivity contribution in [1.29, 1.82) is 0 Å². The number of carbonyl (C=O) groups excluding carboxylic acids is 1. The van der Waals surface area contributed by atoms with Crippen molar-refractivity contribution < 1.29 is 9.53 Å². The van der Waals surface area contributed by atoms with Gasteiger partial charge in [-0.05, 0) is 28.8 Å². The van der Waals surface area contributed by atoms with Gasteiger partial charge in [-0.2, -0.15) is 0 Å². The highest BCUT2D eigenvalue weighted by Gasteiger charge is 2.05. The van der Waals surface area contributed by atoms with Crippen molar-refractivity contribution in [2.45, 2.75) is 19.8 Å². The summed E-state index contributed by atoms with van der Waals surface area (Å²) in [5.74, 6) is -0.175. The zero-order valence-corrected chi connectivity index (χ0v) is 13.9. The third kappa shape index (κ3) is 5.26. The molecule has 25 heavy (non-hydrogen) atoms. The van der Waals surface area contributed by atoms with Gasteiger partial charge in [-0.25, -0.2) is 0 Å². The second-order valence-electron chi connectivity index (χ2n) is 5.70. The lowest BCUT2D eigenvalue weighted by atomic mass is 10.1. The van der Waals surface area contributed by atoms with Crippen LogP contribution < -0.4 is 5.32 Å². The average Bonchev–Trinajstić information content (AvgIpc) is 2.68. The lowest BCUT2D eigenvalue weighted by Gasteiger charge is -2.08. The van der Waals surface area contributed by atoms with Gasteiger partial charge >= 0.3 is 0 Å². The monoisotopic (exact) mass is 332 g/mol. The molecule has 4 nitrogen and oxygen atoms in total. The number of aromatic nitrogens is 1. The van der Waals surface area contributed by atoms with Gasteiger partial charge in [0.25, 0.3) is 5.91 Å². The Morgan fingerprint density at radius 2 is 1.56 bits per heavy atom. The van der Waals surface area contributed by atoms with E-state index in [1.165, 1.54) is 0 Å². The summed E-state index contributed by atoms with van der Waals surface area (Å²) < 4.78 is 5.76. The molecule has 0 bridgehead atoms. The van der Waals surface area contributed by atoms with Crippen LogP contribution in [0.4, 0.5) is 0 Å². The maximum Gasteiger partial charge on any atom is 0.270 e. The molecule has 0 fully saturated rings. The highest BCUT2D eigenvalue weighted by Crippen LogP contribution is 2.09. The van der Waals surface area contributed by atoms with Gasteiger partial charge in [0.2, 0.25) is 0 Å². The fraction of sp³-hybridized carbons (Fsp3) is 0.143. The van der Waals surface area contributed by atoms with Crippen LogP contribution >= 0.6 is 0 Å². The molecule has 1 amide bonds. The van der Waals surface area contributed by atoms with E-state index in [4.69, 9.17) is 4.74 Å². The predicted molar refractivity (Wildman–Crippen MR) is 96.8 cm³/mol. The van der Waals surface area contributed by atoms with Crippen molar-refractivity contribution >= 4 is 5.91 Å². The van der Waals surface area contributed by atoms with Crippen molar-refractivity contribution in [2.75, 3.05) is 0 Å². The van der Waals surface area contributed by atoms with Gasteiger partial charge < -0.3 is 10.1 Å². The molecule has 2 aromatic carbocycles. The summed E-state index contributed by atoms with van der Waals surface area (Å²) in [7, 11) is 0. The van der Waals surface area contributed by atoms with Gasteiger partial charge in [-0.15, -0.1) is 0 Å². The molecule has 3 aromatic rings. The average molecular weight is 332 g/mol. The molecule has 0 saturated carbocycles. The van der Waals surface area contributed by atoms with E-state index >= 15 is 0 Å². The first-order chi connectivity index (χ1) is 12.3. The Morgan fingerprint density at radius 3 is 2.36 bits per heavy atom. The van der Waals surface area contributed by atoms with E-state index < -0.39 is 0 Å². The molecule has 0 aliphatic rings. The van der Waals surface area contributed by atoms with E-state index in [9.17, 15) is 4.79 Å². The van der Waals surface area contributed by atoms with E-state index in [-0.39, 0.29) is 5.91 Å². The summed E-state index contributed by atoms with van der Waals surface area (Å²) >= 11 is 0. The summed E-state index contributed by atoms with van der Waals surface area (Å²) in [5, 5.41) is 2.88. The fourth-order valence-corrected chi connectivity index (χ4v) is 2.46. The Labute approximate surface area is 147 Å². The number of ether oxygens (including phenoxy) is 1. The third-order valence-corrected chi connectivity index (χ3v) is 3.72. The molecule has 4 heteroatoms. The highest BCUT2D eigenvalue weighted by atomic mass is 16.5. The van der Waals surface area contributed by atoms with E-state index in [1.807, 2.05) is 54.6 Å². The minimum Gasteiger partial charge on any atom is -0.372 e. The Kier molecular flexibility index (Phi) is 5.91. The number of benzene rings is 2. The summed E-state index contributed by atoms with van der Waals surface area (Å²) in [4.78, 5) is 16.1. The van der Waals surface area contributed by atoms with Gasteiger partial charge in [0.1, 0.15) is 5.69 Å². The molecule has 1 aromatic heterocycles. The number of amides is 1. The second kappa shape index (κ2) is 8.76. The summed E-state index contributed by atoms with van der Waals surface area (Å²) in [5.41, 5.74) is 3.69. The van der Waals surface area contributed by atoms with Crippen LogP contribution in [0, 0.1) is 0 Å². The highest BCUT2D eigenvalue weighted by molar-refractivity contribution is 5.92. The Morgan fingerprint density at radius 1 is 0.840 bits per heavy atom. The molecule has 3 rings (SSSR count). The Balaban J connectivity index is 1.50. The maximum absolute atomic E-state index is 12.0. The first kappa shape index (κ1) is 16.9. The van der Waals surface area contributed by atoms with Gasteiger partial charge in [-0.3, -0.25) is 9.78 Å². The first-order valence-electron chi connectivity index (χ1n) is 8.20. The van der Waals surface area contributed by atoms with Crippen molar-refractivity contribution in [1.82, 2.24) is 10.3 Å². The molecule has 1 N–H and O–H groups in total. The normalized spacial score (nSPS) is 10.4. The molecular formula is C21H20N2O2. The van der Waals surface area contributed by atoms with Gasteiger partial charge in [0.05, 0.1) is 13.2 Å². The molecule has 0 aliphatic carbocycles. The summed E-state index contributed by atoms with van der Waals surface area (Å²) in [6.07, 6.45) is 1.61. The minimum absolute atomic E-state index is 0.175. The molecule has 0 radical (unpaired) electrons. The number of pyridine rings is 1. The van der Waals surface area contributed by atoms with Crippen LogP contribution in [0.15, 0.2) is 79.0 Å². The zero-order valence-electron chi connectivity index (χ0n) is 13.9. The van der Waals surface area contributed by atoms with Gasteiger partial charge in [0.15, 0.2) is 0 Å². The number of rotatable bonds is 7. The summed E-state index contributed by atoms with van der Waals surface area (Å²) in [6, 6.07) is 23.4. The first-order valence-corrected chi connectivity index (χ1v) is 8.20. The SMILES string of the molecule is O=C(NCc1cccc(COCc2ccccc2)c1)c1ccccn1. The van der Waals surface area contributed by atoms with Crippen LogP contribution in [0.1, 0.15) is 27.2 Å². The molecular weight excluding hydrogens is 312 g/mol. The lowest BCUT2D eigenvalue weighted by molar-refractivity contribution is 0.0946. The number of nitrogens with one attached hydrogen (secondary N) is 1. The quantitative estimate of drug-likeness (QED) is 0.717. The largest absolute Gasteiger partial charge is 0.372 e. The van der Waals surface area contributed by atoms with Gasteiger partial charge in [-0.1, -0.05) is 60.7 Å². The molecule has 1 heterocycles. The summed E-state index contributed by atoms with van der Waals surface area (Å²) in [6.45, 7) is 1.58. The van der Waals surface area contributed by atoms with Crippen LogP contribution in [-0.4, -0.2) is 10.9 Å². The fourth-order valence-electron chi connectivity index (χ4n) is 2.46. The molecule has 126 valence electrons. The number of nitrogens with zero attached hydrogens (tertiary/aromatic N) is 1. The van der Waals surface area contributed by atoms with Crippen LogP contribution in [-0.2, 0) is 24.5 Å². The van der Waals surface area contributed by atoms with E-state index in [2.05, 4.69) is 10.3 Å². The van der Waals surface area contributed by atoms with Crippen LogP contribution in [0.5, 0.6) is 0 Å². The molecule has 0 unspecified atom stereocenters. The molecule has 0 atom stereocenters. The molecule has 0 aliphatic heterocycles.